The molecule has 1 unspecified atom stereocenters. The molecular formula is C17H20N6O7S2. The van der Waals surface area contributed by atoms with Gasteiger partial charge in [-0.25, -0.2) is 14.6 Å². The van der Waals surface area contributed by atoms with Crippen LogP contribution in [0.3, 0.4) is 0 Å². The number of thiazole rings is 1. The highest BCUT2D eigenvalue weighted by molar-refractivity contribution is 8.00. The molecule has 15 heteroatoms. The van der Waals surface area contributed by atoms with Gasteiger partial charge < -0.3 is 31.5 Å². The van der Waals surface area contributed by atoms with Crippen molar-refractivity contribution in [2.75, 3.05) is 24.7 Å². The molecule has 2 atom stereocenters. The van der Waals surface area contributed by atoms with Crippen LogP contribution < -0.4 is 16.8 Å². The summed E-state index contributed by atoms with van der Waals surface area (Å²) in [6.45, 7) is 1.79. The van der Waals surface area contributed by atoms with Gasteiger partial charge in [0.15, 0.2) is 10.8 Å². The van der Waals surface area contributed by atoms with Crippen LogP contribution in [0.2, 0.25) is 0 Å². The number of β-lactam (4-membered cyclic amide) rings is 1. The van der Waals surface area contributed by atoms with Crippen LogP contribution in [0.4, 0.5) is 9.93 Å². The smallest absolute Gasteiger partial charge is 0.404 e. The number of carbonyl (C=O) groups excluding carboxylic acids is 3. The lowest BCUT2D eigenvalue weighted by Crippen LogP contribution is -2.71. The molecule has 3 amide bonds. The van der Waals surface area contributed by atoms with Crippen LogP contribution in [0, 0.1) is 0 Å². The number of oxime groups is 1. The zero-order valence-electron chi connectivity index (χ0n) is 16.8. The van der Waals surface area contributed by atoms with Gasteiger partial charge >= 0.3 is 12.1 Å². The zero-order valence-corrected chi connectivity index (χ0v) is 18.4. The van der Waals surface area contributed by atoms with E-state index in [1.165, 1.54) is 17.1 Å². The molecule has 13 nitrogen and oxygen atoms in total. The van der Waals surface area contributed by atoms with Crippen molar-refractivity contribution in [3.05, 3.63) is 22.3 Å². The number of anilines is 1. The maximum atomic E-state index is 12.8. The molecule has 0 saturated carbocycles. The normalized spacial score (nSPS) is 20.3. The average molecular weight is 485 g/mol. The first-order chi connectivity index (χ1) is 15.2. The summed E-state index contributed by atoms with van der Waals surface area (Å²) in [5, 5.41) is 17.1. The number of carboxylic acid groups (broad SMARTS) is 1. The van der Waals surface area contributed by atoms with Gasteiger partial charge in [-0.3, -0.25) is 14.5 Å². The molecule has 6 N–H and O–H groups in total. The Morgan fingerprint density at radius 2 is 2.19 bits per heavy atom. The van der Waals surface area contributed by atoms with Crippen molar-refractivity contribution < 1.29 is 33.9 Å². The summed E-state index contributed by atoms with van der Waals surface area (Å²) < 4.78 is 4.68. The second-order valence-corrected chi connectivity index (χ2v) is 8.56. The number of nitrogens with one attached hydrogen (secondary N) is 1. The molecule has 0 aromatic carbocycles. The van der Waals surface area contributed by atoms with E-state index in [1.54, 1.807) is 0 Å². The number of carboxylic acids is 1. The summed E-state index contributed by atoms with van der Waals surface area (Å²) >= 11 is 2.33. The number of rotatable bonds is 9. The summed E-state index contributed by atoms with van der Waals surface area (Å²) in [5.74, 6) is -2.53. The number of nitrogen functional groups attached to an aromatic ring is 1. The first kappa shape index (κ1) is 23.3. The minimum Gasteiger partial charge on any atom is -0.477 e. The van der Waals surface area contributed by atoms with Crippen LogP contribution in [0.15, 0.2) is 21.8 Å². The zero-order chi connectivity index (χ0) is 23.4. The van der Waals surface area contributed by atoms with E-state index in [2.05, 4.69) is 20.2 Å². The first-order valence-corrected chi connectivity index (χ1v) is 11.2. The van der Waals surface area contributed by atoms with Crippen molar-refractivity contribution >= 4 is 57.8 Å². The number of hydrogen-bond acceptors (Lipinski definition) is 11. The largest absolute Gasteiger partial charge is 0.477 e. The van der Waals surface area contributed by atoms with Gasteiger partial charge in [0.05, 0.1) is 0 Å². The van der Waals surface area contributed by atoms with Crippen molar-refractivity contribution in [3.8, 4) is 0 Å². The maximum absolute atomic E-state index is 12.8. The number of nitrogens with zero attached hydrogens (tertiary/aromatic N) is 3. The van der Waals surface area contributed by atoms with Gasteiger partial charge in [-0.15, -0.1) is 23.1 Å². The maximum Gasteiger partial charge on any atom is 0.404 e. The standard InChI is InChI=1S/C17H20N6O7S2/c1-2-3-30-22-9(8-6-32-16(18)20-8)12(24)21-10-13(25)23-11(15(26)27)7(4-29-17(19)28)5-31-14(10)23/h6,10,14H,2-5H2,1H3,(H2,18,20)(H2,19,28)(H,21,24)(H,26,27)/t10?,14-/m1/s1. The Kier molecular flexibility index (Phi) is 7.19. The number of ether oxygens (including phenoxy) is 1. The molecule has 1 aromatic heterocycles. The number of carbonyl (C=O) groups is 4. The third-order valence-corrected chi connectivity index (χ3v) is 6.37. The van der Waals surface area contributed by atoms with E-state index in [0.717, 1.165) is 16.2 Å². The third kappa shape index (κ3) is 4.77. The van der Waals surface area contributed by atoms with Gasteiger partial charge in [-0.1, -0.05) is 12.1 Å². The Labute approximate surface area is 189 Å². The van der Waals surface area contributed by atoms with Crippen LogP contribution in [0.1, 0.15) is 19.0 Å². The molecule has 0 radical (unpaired) electrons. The molecule has 0 aliphatic carbocycles. The van der Waals surface area contributed by atoms with Gasteiger partial charge in [0.1, 0.15) is 36.0 Å². The summed E-state index contributed by atoms with van der Waals surface area (Å²) in [6, 6.07) is -0.993. The van der Waals surface area contributed by atoms with Crippen molar-refractivity contribution in [2.24, 2.45) is 10.9 Å². The van der Waals surface area contributed by atoms with E-state index < -0.39 is 35.3 Å². The van der Waals surface area contributed by atoms with Crippen LogP contribution in [-0.4, -0.2) is 75.0 Å². The molecule has 0 spiro atoms. The highest BCUT2D eigenvalue weighted by Crippen LogP contribution is 2.40. The summed E-state index contributed by atoms with van der Waals surface area (Å²) in [4.78, 5) is 58.4. The number of aliphatic carboxylic acids is 1. The second-order valence-electron chi connectivity index (χ2n) is 6.57. The highest BCUT2D eigenvalue weighted by Gasteiger charge is 2.54. The SMILES string of the molecule is CCCON=C(C(=O)NC1C(=O)N2C(C(=O)O)=C(COC(N)=O)CS[C@H]12)c1csc(N)n1. The summed E-state index contributed by atoms with van der Waals surface area (Å²) in [6.07, 6.45) is -0.396. The Morgan fingerprint density at radius 3 is 2.78 bits per heavy atom. The van der Waals surface area contributed by atoms with Gasteiger partial charge in [-0.2, -0.15) is 0 Å². The Balaban J connectivity index is 1.77. The van der Waals surface area contributed by atoms with Gasteiger partial charge in [-0.05, 0) is 6.42 Å². The average Bonchev–Trinajstić information content (AvgIpc) is 3.18. The molecule has 0 bridgehead atoms. The summed E-state index contributed by atoms with van der Waals surface area (Å²) in [7, 11) is 0. The van der Waals surface area contributed by atoms with E-state index in [4.69, 9.17) is 16.3 Å². The fourth-order valence-corrected chi connectivity index (χ4v) is 4.84. The lowest BCUT2D eigenvalue weighted by atomic mass is 10.0. The molecule has 3 heterocycles. The molecule has 1 saturated heterocycles. The van der Waals surface area contributed by atoms with E-state index in [-0.39, 0.29) is 46.8 Å². The predicted octanol–water partition coefficient (Wildman–Crippen LogP) is -0.310. The van der Waals surface area contributed by atoms with Crippen molar-refractivity contribution in [3.63, 3.8) is 0 Å². The van der Waals surface area contributed by atoms with E-state index >= 15 is 0 Å². The number of aromatic nitrogens is 1. The fourth-order valence-electron chi connectivity index (χ4n) is 2.96. The Morgan fingerprint density at radius 1 is 1.44 bits per heavy atom. The Bertz CT molecular complexity index is 1010. The summed E-state index contributed by atoms with van der Waals surface area (Å²) in [5.41, 5.74) is 10.5. The van der Waals surface area contributed by atoms with Crippen LogP contribution in [0.5, 0.6) is 0 Å². The van der Waals surface area contributed by atoms with Crippen molar-refractivity contribution in [1.82, 2.24) is 15.2 Å². The van der Waals surface area contributed by atoms with Crippen molar-refractivity contribution in [1.29, 1.82) is 0 Å². The lowest BCUT2D eigenvalue weighted by Gasteiger charge is -2.49. The Hall–Kier alpha value is -3.33. The van der Waals surface area contributed by atoms with E-state index in [1.807, 2.05) is 6.92 Å². The number of amides is 3. The van der Waals surface area contributed by atoms with Gasteiger partial charge in [0.25, 0.3) is 11.8 Å². The molecule has 172 valence electrons. The number of nitrogens with two attached hydrogens (primary N) is 2. The minimum absolute atomic E-state index is 0.150. The molecule has 1 fully saturated rings. The van der Waals surface area contributed by atoms with Crippen LogP contribution in [0.25, 0.3) is 0 Å². The second kappa shape index (κ2) is 9.86. The van der Waals surface area contributed by atoms with Crippen molar-refractivity contribution in [2.45, 2.75) is 24.8 Å². The lowest BCUT2D eigenvalue weighted by molar-refractivity contribution is -0.150. The van der Waals surface area contributed by atoms with Crippen LogP contribution in [-0.2, 0) is 24.0 Å². The predicted molar refractivity (Wildman–Crippen MR) is 115 cm³/mol. The van der Waals surface area contributed by atoms with E-state index in [0.29, 0.717) is 6.42 Å². The molecular weight excluding hydrogens is 464 g/mol. The fraction of sp³-hybridized carbons (Fsp3) is 0.412. The first-order valence-electron chi connectivity index (χ1n) is 9.29. The monoisotopic (exact) mass is 484 g/mol. The molecule has 2 aliphatic heterocycles. The quantitative estimate of drug-likeness (QED) is 0.156. The van der Waals surface area contributed by atoms with Gasteiger partial charge in [0, 0.05) is 16.7 Å². The topological polar surface area (TPSA) is 200 Å². The number of thioether (sulfide) groups is 1. The number of fused-ring (bicyclic) bond motifs is 1. The number of hydrogen-bond donors (Lipinski definition) is 4. The molecule has 1 aromatic rings. The molecule has 3 rings (SSSR count). The third-order valence-electron chi connectivity index (χ3n) is 4.36. The molecule has 2 aliphatic rings. The van der Waals surface area contributed by atoms with Crippen LogP contribution >= 0.6 is 23.1 Å². The highest BCUT2D eigenvalue weighted by atomic mass is 32.2. The van der Waals surface area contributed by atoms with Gasteiger partial charge in [0.2, 0.25) is 0 Å². The minimum atomic E-state index is -1.36. The molecule has 32 heavy (non-hydrogen) atoms. The van der Waals surface area contributed by atoms with E-state index in [9.17, 15) is 24.3 Å². The number of primary amides is 1.